The quantitative estimate of drug-likeness (QED) is 0.584. The number of hydrogen-bond donors (Lipinski definition) is 1. The Morgan fingerprint density at radius 3 is 2.00 bits per heavy atom. The van der Waals surface area contributed by atoms with Crippen LogP contribution in [0, 0.1) is 23.3 Å². The van der Waals surface area contributed by atoms with Gasteiger partial charge in [-0.15, -0.1) is 0 Å². The van der Waals surface area contributed by atoms with E-state index in [1.54, 1.807) is 0 Å². The fourth-order valence-electron chi connectivity index (χ4n) is 2.00. The molecule has 0 bridgehead atoms. The molecule has 7 heteroatoms. The van der Waals surface area contributed by atoms with Gasteiger partial charge in [0, 0.05) is 11.1 Å². The van der Waals surface area contributed by atoms with Crippen molar-refractivity contribution < 1.29 is 17.6 Å². The summed E-state index contributed by atoms with van der Waals surface area (Å²) in [5, 5.41) is 2.26. The van der Waals surface area contributed by atoms with Crippen molar-refractivity contribution in [3.63, 3.8) is 0 Å². The molecule has 0 amide bonds. The van der Waals surface area contributed by atoms with Gasteiger partial charge < -0.3 is 5.32 Å². The van der Waals surface area contributed by atoms with Gasteiger partial charge in [-0.1, -0.05) is 11.6 Å². The van der Waals surface area contributed by atoms with Gasteiger partial charge >= 0.3 is 0 Å². The molecule has 0 aliphatic heterocycles. The third-order valence-electron chi connectivity index (χ3n) is 2.99. The molecule has 0 saturated heterocycles. The van der Waals surface area contributed by atoms with Crippen molar-refractivity contribution in [3.8, 4) is 0 Å². The van der Waals surface area contributed by atoms with Crippen LogP contribution in [0.2, 0.25) is 5.02 Å². The Kier molecular flexibility index (Phi) is 4.91. The van der Waals surface area contributed by atoms with Crippen molar-refractivity contribution in [2.45, 2.75) is 6.04 Å². The molecule has 0 aliphatic rings. The zero-order chi connectivity index (χ0) is 15.7. The maximum atomic E-state index is 14.0. The van der Waals surface area contributed by atoms with E-state index in [1.165, 1.54) is 7.05 Å². The molecular formula is C14H9BrClF4N. The number of nitrogens with one attached hydrogen (secondary N) is 1. The lowest BCUT2D eigenvalue weighted by molar-refractivity contribution is 0.528. The summed E-state index contributed by atoms with van der Waals surface area (Å²) in [6.45, 7) is 0. The molecule has 1 N–H and O–H groups in total. The number of rotatable bonds is 3. The summed E-state index contributed by atoms with van der Waals surface area (Å²) in [5.74, 6) is -3.12. The van der Waals surface area contributed by atoms with Crippen molar-refractivity contribution in [1.82, 2.24) is 5.32 Å². The van der Waals surface area contributed by atoms with Crippen LogP contribution in [0.3, 0.4) is 0 Å². The molecule has 2 rings (SSSR count). The molecule has 2 aromatic carbocycles. The van der Waals surface area contributed by atoms with Gasteiger partial charge in [-0.05, 0) is 47.2 Å². The summed E-state index contributed by atoms with van der Waals surface area (Å²) < 4.78 is 55.0. The monoisotopic (exact) mass is 381 g/mol. The second kappa shape index (κ2) is 6.34. The van der Waals surface area contributed by atoms with E-state index < -0.39 is 29.3 Å². The Morgan fingerprint density at radius 2 is 1.43 bits per heavy atom. The maximum absolute atomic E-state index is 14.0. The van der Waals surface area contributed by atoms with E-state index >= 15 is 0 Å². The van der Waals surface area contributed by atoms with Gasteiger partial charge in [0.25, 0.3) is 0 Å². The smallest absolute Gasteiger partial charge is 0.142 e. The van der Waals surface area contributed by atoms with E-state index in [-0.39, 0.29) is 20.6 Å². The van der Waals surface area contributed by atoms with Crippen LogP contribution in [-0.4, -0.2) is 7.05 Å². The van der Waals surface area contributed by atoms with Gasteiger partial charge in [0.15, 0.2) is 0 Å². The molecule has 0 fully saturated rings. The minimum absolute atomic E-state index is 0.0543. The third kappa shape index (κ3) is 3.22. The van der Waals surface area contributed by atoms with Crippen LogP contribution in [0.1, 0.15) is 17.2 Å². The average molecular weight is 383 g/mol. The number of halogens is 6. The molecule has 2 aromatic rings. The molecule has 1 atom stereocenters. The van der Waals surface area contributed by atoms with Crippen LogP contribution in [0.25, 0.3) is 0 Å². The summed E-state index contributed by atoms with van der Waals surface area (Å²) in [7, 11) is 1.43. The van der Waals surface area contributed by atoms with Crippen LogP contribution in [0.15, 0.2) is 28.7 Å². The van der Waals surface area contributed by atoms with Crippen molar-refractivity contribution in [2.75, 3.05) is 7.05 Å². The van der Waals surface area contributed by atoms with E-state index in [2.05, 4.69) is 21.2 Å². The van der Waals surface area contributed by atoms with E-state index in [0.29, 0.717) is 0 Å². The Hall–Kier alpha value is -1.11. The highest BCUT2D eigenvalue weighted by molar-refractivity contribution is 9.10. The van der Waals surface area contributed by atoms with Crippen LogP contribution in [-0.2, 0) is 0 Å². The maximum Gasteiger partial charge on any atom is 0.142 e. The largest absolute Gasteiger partial charge is 0.309 e. The molecule has 0 saturated carbocycles. The molecule has 21 heavy (non-hydrogen) atoms. The Bertz CT molecular complexity index is 636. The first-order valence-corrected chi connectivity index (χ1v) is 6.98. The Balaban J connectivity index is 2.60. The second-order valence-corrected chi connectivity index (χ2v) is 5.56. The van der Waals surface area contributed by atoms with Gasteiger partial charge in [-0.3, -0.25) is 0 Å². The van der Waals surface area contributed by atoms with Crippen molar-refractivity contribution >= 4 is 27.5 Å². The van der Waals surface area contributed by atoms with E-state index in [0.717, 1.165) is 24.3 Å². The predicted molar refractivity (Wildman–Crippen MR) is 76.3 cm³/mol. The highest BCUT2D eigenvalue weighted by Crippen LogP contribution is 2.31. The van der Waals surface area contributed by atoms with Gasteiger partial charge in [0.2, 0.25) is 0 Å². The zero-order valence-electron chi connectivity index (χ0n) is 10.7. The summed E-state index contributed by atoms with van der Waals surface area (Å²) in [5.41, 5.74) is -0.307. The molecule has 0 heterocycles. The molecule has 0 aliphatic carbocycles. The summed E-state index contributed by atoms with van der Waals surface area (Å²) in [4.78, 5) is 0. The molecule has 0 radical (unpaired) electrons. The molecule has 0 spiro atoms. The molecule has 1 nitrogen and oxygen atoms in total. The standard InChI is InChI=1S/C14H9BrClF4N/c1-21-14(6-2-12(19)8(15)4-10(6)17)7-3-13(20)9(16)5-11(7)18/h2-5,14,21H,1H3. The first kappa shape index (κ1) is 16.3. The highest BCUT2D eigenvalue weighted by Gasteiger charge is 2.23. The summed E-state index contributed by atoms with van der Waals surface area (Å²) in [6.07, 6.45) is 0. The van der Waals surface area contributed by atoms with Crippen molar-refractivity contribution in [2.24, 2.45) is 0 Å². The minimum atomic E-state index is -1.06. The fourth-order valence-corrected chi connectivity index (χ4v) is 2.46. The van der Waals surface area contributed by atoms with Crippen LogP contribution < -0.4 is 5.32 Å². The lowest BCUT2D eigenvalue weighted by Crippen LogP contribution is -2.21. The van der Waals surface area contributed by atoms with Gasteiger partial charge in [0.1, 0.15) is 23.3 Å². The summed E-state index contributed by atoms with van der Waals surface area (Å²) >= 11 is 8.34. The van der Waals surface area contributed by atoms with Crippen LogP contribution >= 0.6 is 27.5 Å². The number of hydrogen-bond acceptors (Lipinski definition) is 1. The minimum Gasteiger partial charge on any atom is -0.309 e. The van der Waals surface area contributed by atoms with Gasteiger partial charge in [0.05, 0.1) is 15.5 Å². The number of benzene rings is 2. The first-order valence-electron chi connectivity index (χ1n) is 5.81. The summed E-state index contributed by atoms with van der Waals surface area (Å²) in [6, 6.07) is 2.45. The Labute approximate surface area is 132 Å². The van der Waals surface area contributed by atoms with E-state index in [9.17, 15) is 17.6 Å². The van der Waals surface area contributed by atoms with Gasteiger partial charge in [-0.2, -0.15) is 0 Å². The van der Waals surface area contributed by atoms with Crippen molar-refractivity contribution in [1.29, 1.82) is 0 Å². The normalized spacial score (nSPS) is 12.5. The Morgan fingerprint density at radius 1 is 0.905 bits per heavy atom. The van der Waals surface area contributed by atoms with E-state index in [1.807, 2.05) is 0 Å². The SMILES string of the molecule is CNC(c1cc(F)c(Cl)cc1F)c1cc(F)c(Br)cc1F. The van der Waals surface area contributed by atoms with Crippen LogP contribution in [0.5, 0.6) is 0 Å². The molecular weight excluding hydrogens is 374 g/mol. The highest BCUT2D eigenvalue weighted by atomic mass is 79.9. The zero-order valence-corrected chi connectivity index (χ0v) is 13.0. The fraction of sp³-hybridized carbons (Fsp3) is 0.143. The second-order valence-electron chi connectivity index (χ2n) is 4.30. The lowest BCUT2D eigenvalue weighted by atomic mass is 9.97. The topological polar surface area (TPSA) is 12.0 Å². The lowest BCUT2D eigenvalue weighted by Gasteiger charge is -2.19. The third-order valence-corrected chi connectivity index (χ3v) is 3.89. The van der Waals surface area contributed by atoms with Gasteiger partial charge in [-0.25, -0.2) is 17.6 Å². The predicted octanol–water partition coefficient (Wildman–Crippen LogP) is 4.97. The van der Waals surface area contributed by atoms with Crippen LogP contribution in [0.4, 0.5) is 17.6 Å². The van der Waals surface area contributed by atoms with Crippen molar-refractivity contribution in [3.05, 3.63) is 68.2 Å². The average Bonchev–Trinajstić information content (AvgIpc) is 2.42. The van der Waals surface area contributed by atoms with E-state index in [4.69, 9.17) is 11.6 Å². The molecule has 1 unspecified atom stereocenters. The molecule has 0 aromatic heterocycles. The molecule has 112 valence electrons. The first-order chi connectivity index (χ1) is 9.85.